The summed E-state index contributed by atoms with van der Waals surface area (Å²) >= 11 is 0. The van der Waals surface area contributed by atoms with Gasteiger partial charge in [0.2, 0.25) is 0 Å². The van der Waals surface area contributed by atoms with Crippen molar-refractivity contribution in [3.63, 3.8) is 0 Å². The molecule has 148 valence electrons. The molecular formula is C25H26N2O2. The van der Waals surface area contributed by atoms with Gasteiger partial charge in [-0.1, -0.05) is 42.5 Å². The summed E-state index contributed by atoms with van der Waals surface area (Å²) in [5.74, 6) is 1.74. The topological polar surface area (TPSA) is 55.0 Å². The Kier molecular flexibility index (Phi) is 5.10. The second kappa shape index (κ2) is 7.70. The van der Waals surface area contributed by atoms with Crippen LogP contribution in [-0.4, -0.2) is 15.8 Å². The fourth-order valence-electron chi connectivity index (χ4n) is 4.12. The van der Waals surface area contributed by atoms with Crippen LogP contribution in [-0.2, 0) is 18.4 Å². The van der Waals surface area contributed by atoms with E-state index >= 15 is 0 Å². The predicted octanol–water partition coefficient (Wildman–Crippen LogP) is 5.39. The number of ether oxygens (including phenoxy) is 1. The number of nitrogens with one attached hydrogen (secondary N) is 1. The standard InChI is InChI=1S/C25H26N2O2/c1-17(2)16-21-19-10-7-11-22(28)20(19)12-13-23(21)29-25(3,24-26-14-15-27-24)18-8-5-4-6-9-18/h4-6,8-9,12-15H,1,7,10-11,16H2,2-3H3,(H,26,27). The zero-order valence-corrected chi connectivity index (χ0v) is 17.0. The van der Waals surface area contributed by atoms with Crippen molar-refractivity contribution in [1.29, 1.82) is 0 Å². The number of fused-ring (bicyclic) bond motifs is 1. The lowest BCUT2D eigenvalue weighted by Gasteiger charge is -2.32. The largest absolute Gasteiger partial charge is 0.475 e. The lowest BCUT2D eigenvalue weighted by atomic mass is 9.85. The molecule has 1 aromatic heterocycles. The van der Waals surface area contributed by atoms with Crippen LogP contribution < -0.4 is 4.74 Å². The predicted molar refractivity (Wildman–Crippen MR) is 114 cm³/mol. The van der Waals surface area contributed by atoms with Crippen molar-refractivity contribution < 1.29 is 9.53 Å². The summed E-state index contributed by atoms with van der Waals surface area (Å²) in [6.45, 7) is 8.14. The van der Waals surface area contributed by atoms with Gasteiger partial charge < -0.3 is 9.72 Å². The minimum atomic E-state index is -0.790. The quantitative estimate of drug-likeness (QED) is 0.578. The molecule has 29 heavy (non-hydrogen) atoms. The third-order valence-corrected chi connectivity index (χ3v) is 5.59. The number of allylic oxidation sites excluding steroid dienone is 1. The molecule has 0 fully saturated rings. The molecule has 0 bridgehead atoms. The Morgan fingerprint density at radius 1 is 1.21 bits per heavy atom. The number of carbonyl (C=O) groups is 1. The second-order valence-corrected chi connectivity index (χ2v) is 7.92. The number of rotatable bonds is 6. The van der Waals surface area contributed by atoms with Crippen LogP contribution in [0.15, 0.2) is 67.0 Å². The van der Waals surface area contributed by atoms with Gasteiger partial charge in [-0.2, -0.15) is 0 Å². The van der Waals surface area contributed by atoms with Crippen molar-refractivity contribution in [2.45, 2.75) is 45.1 Å². The number of hydrogen-bond acceptors (Lipinski definition) is 3. The Labute approximate surface area is 171 Å². The van der Waals surface area contributed by atoms with E-state index in [-0.39, 0.29) is 5.78 Å². The number of hydrogen-bond donors (Lipinski definition) is 1. The summed E-state index contributed by atoms with van der Waals surface area (Å²) in [4.78, 5) is 20.2. The number of nitrogens with zero attached hydrogens (tertiary/aromatic N) is 1. The molecule has 1 aliphatic carbocycles. The number of aromatic amines is 1. The molecule has 1 aliphatic rings. The fourth-order valence-corrected chi connectivity index (χ4v) is 4.12. The molecule has 0 amide bonds. The summed E-state index contributed by atoms with van der Waals surface area (Å²) in [5.41, 5.74) is 4.26. The van der Waals surface area contributed by atoms with Crippen LogP contribution in [0.4, 0.5) is 0 Å². The SMILES string of the molecule is C=C(C)Cc1c(OC(C)(c2ccccc2)c2ncc[nH]2)ccc2c1CCCC2=O. The molecule has 0 spiro atoms. The third kappa shape index (κ3) is 3.63. The molecule has 1 unspecified atom stereocenters. The van der Waals surface area contributed by atoms with Gasteiger partial charge in [0.15, 0.2) is 17.2 Å². The molecule has 4 nitrogen and oxygen atoms in total. The van der Waals surface area contributed by atoms with Crippen molar-refractivity contribution in [1.82, 2.24) is 9.97 Å². The average molecular weight is 386 g/mol. The molecule has 3 aromatic rings. The fraction of sp³-hybridized carbons (Fsp3) is 0.280. The van der Waals surface area contributed by atoms with E-state index in [1.807, 2.05) is 56.3 Å². The van der Waals surface area contributed by atoms with Crippen molar-refractivity contribution in [2.24, 2.45) is 0 Å². The first kappa shape index (κ1) is 19.2. The number of imidazole rings is 1. The lowest BCUT2D eigenvalue weighted by molar-refractivity contribution is 0.0971. The van der Waals surface area contributed by atoms with E-state index in [1.54, 1.807) is 12.4 Å². The van der Waals surface area contributed by atoms with Crippen molar-refractivity contribution in [2.75, 3.05) is 0 Å². The monoisotopic (exact) mass is 386 g/mol. The van der Waals surface area contributed by atoms with Gasteiger partial charge in [-0.05, 0) is 50.8 Å². The van der Waals surface area contributed by atoms with Gasteiger partial charge in [0, 0.05) is 35.5 Å². The molecule has 1 heterocycles. The number of H-pyrrole nitrogens is 1. The highest BCUT2D eigenvalue weighted by Crippen LogP contribution is 2.38. The minimum absolute atomic E-state index is 0.220. The Balaban J connectivity index is 1.85. The normalized spacial score (nSPS) is 15.4. The lowest BCUT2D eigenvalue weighted by Crippen LogP contribution is -2.33. The Morgan fingerprint density at radius 2 is 2.00 bits per heavy atom. The summed E-state index contributed by atoms with van der Waals surface area (Å²) in [6, 6.07) is 13.9. The molecule has 0 saturated heterocycles. The maximum atomic E-state index is 12.5. The molecule has 0 radical (unpaired) electrons. The molecular weight excluding hydrogens is 360 g/mol. The van der Waals surface area contributed by atoms with Gasteiger partial charge in [0.05, 0.1) is 0 Å². The first-order valence-corrected chi connectivity index (χ1v) is 10.1. The van der Waals surface area contributed by atoms with E-state index < -0.39 is 5.60 Å². The van der Waals surface area contributed by atoms with Crippen LogP contribution in [0.25, 0.3) is 0 Å². The van der Waals surface area contributed by atoms with Gasteiger partial charge in [-0.3, -0.25) is 4.79 Å². The molecule has 4 rings (SSSR count). The van der Waals surface area contributed by atoms with Gasteiger partial charge in [0.25, 0.3) is 0 Å². The van der Waals surface area contributed by atoms with Gasteiger partial charge in [0.1, 0.15) is 5.75 Å². The maximum Gasteiger partial charge on any atom is 0.188 e. The third-order valence-electron chi connectivity index (χ3n) is 5.59. The minimum Gasteiger partial charge on any atom is -0.475 e. The summed E-state index contributed by atoms with van der Waals surface area (Å²) in [6.07, 6.45) is 6.62. The van der Waals surface area contributed by atoms with E-state index in [0.29, 0.717) is 12.8 Å². The maximum absolute atomic E-state index is 12.5. The zero-order chi connectivity index (χ0) is 20.4. The zero-order valence-electron chi connectivity index (χ0n) is 17.0. The van der Waals surface area contributed by atoms with Gasteiger partial charge in [-0.25, -0.2) is 4.98 Å². The van der Waals surface area contributed by atoms with E-state index in [0.717, 1.165) is 52.2 Å². The van der Waals surface area contributed by atoms with Gasteiger partial charge in [-0.15, -0.1) is 0 Å². The molecule has 0 saturated carbocycles. The highest BCUT2D eigenvalue weighted by molar-refractivity contribution is 5.99. The number of carbonyl (C=O) groups excluding carboxylic acids is 1. The smallest absolute Gasteiger partial charge is 0.188 e. The van der Waals surface area contributed by atoms with E-state index in [2.05, 4.69) is 16.5 Å². The average Bonchev–Trinajstić information content (AvgIpc) is 3.26. The van der Waals surface area contributed by atoms with Crippen molar-refractivity contribution in [3.8, 4) is 5.75 Å². The van der Waals surface area contributed by atoms with E-state index in [9.17, 15) is 4.79 Å². The number of benzene rings is 2. The first-order chi connectivity index (χ1) is 14.0. The van der Waals surface area contributed by atoms with Crippen LogP contribution >= 0.6 is 0 Å². The summed E-state index contributed by atoms with van der Waals surface area (Å²) < 4.78 is 6.72. The summed E-state index contributed by atoms with van der Waals surface area (Å²) in [5, 5.41) is 0. The van der Waals surface area contributed by atoms with Gasteiger partial charge >= 0.3 is 0 Å². The number of aromatic nitrogens is 2. The summed E-state index contributed by atoms with van der Waals surface area (Å²) in [7, 11) is 0. The second-order valence-electron chi connectivity index (χ2n) is 7.92. The highest BCUT2D eigenvalue weighted by atomic mass is 16.5. The van der Waals surface area contributed by atoms with Crippen LogP contribution in [0.2, 0.25) is 0 Å². The molecule has 0 aliphatic heterocycles. The van der Waals surface area contributed by atoms with Crippen LogP contribution in [0.3, 0.4) is 0 Å². The Hall–Kier alpha value is -3.14. The Bertz CT molecular complexity index is 1040. The first-order valence-electron chi connectivity index (χ1n) is 10.1. The molecule has 4 heteroatoms. The van der Waals surface area contributed by atoms with E-state index in [1.165, 1.54) is 0 Å². The molecule has 1 atom stereocenters. The van der Waals surface area contributed by atoms with Crippen LogP contribution in [0.5, 0.6) is 5.75 Å². The number of ketones is 1. The van der Waals surface area contributed by atoms with Crippen molar-refractivity contribution >= 4 is 5.78 Å². The van der Waals surface area contributed by atoms with Crippen LogP contribution in [0.1, 0.15) is 59.6 Å². The van der Waals surface area contributed by atoms with Crippen LogP contribution in [0, 0.1) is 0 Å². The molecule has 2 aromatic carbocycles. The van der Waals surface area contributed by atoms with E-state index in [4.69, 9.17) is 4.74 Å². The molecule has 1 N–H and O–H groups in total. The van der Waals surface area contributed by atoms with Crippen molar-refractivity contribution in [3.05, 3.63) is 95.1 Å². The number of Topliss-reactive ketones (excluding diaryl/α,β-unsaturated/α-hetero) is 1. The highest BCUT2D eigenvalue weighted by Gasteiger charge is 2.35. The Morgan fingerprint density at radius 3 is 2.69 bits per heavy atom.